The first-order valence-electron chi connectivity index (χ1n) is 6.23. The Morgan fingerprint density at radius 2 is 1.90 bits per heavy atom. The minimum Gasteiger partial charge on any atom is -0.468 e. The third-order valence-corrected chi connectivity index (χ3v) is 4.81. The van der Waals surface area contributed by atoms with E-state index < -0.39 is 16.1 Å². The number of anilines is 1. The quantitative estimate of drug-likeness (QED) is 0.848. The number of aryl methyl sites for hydroxylation is 2. The average molecular weight is 294 g/mol. The Bertz CT molecular complexity index is 706. The van der Waals surface area contributed by atoms with Gasteiger partial charge in [0.2, 0.25) is 10.0 Å². The summed E-state index contributed by atoms with van der Waals surface area (Å²) in [5.41, 5.74) is 7.91. The molecule has 0 aliphatic carbocycles. The average Bonchev–Trinajstić information content (AvgIpc) is 2.86. The van der Waals surface area contributed by atoms with E-state index in [1.54, 1.807) is 31.2 Å². The Hall–Kier alpha value is -1.79. The van der Waals surface area contributed by atoms with Gasteiger partial charge in [-0.1, -0.05) is 0 Å². The van der Waals surface area contributed by atoms with E-state index in [0.29, 0.717) is 5.76 Å². The molecule has 3 N–H and O–H groups in total. The molecule has 0 spiro atoms. The zero-order chi connectivity index (χ0) is 14.9. The Morgan fingerprint density at radius 3 is 2.50 bits per heavy atom. The zero-order valence-corrected chi connectivity index (χ0v) is 12.5. The molecule has 1 atom stereocenters. The van der Waals surface area contributed by atoms with E-state index in [1.165, 1.54) is 6.26 Å². The number of nitrogen functional groups attached to an aromatic ring is 1. The van der Waals surface area contributed by atoms with Gasteiger partial charge in [-0.05, 0) is 56.2 Å². The third-order valence-electron chi connectivity index (χ3n) is 3.22. The van der Waals surface area contributed by atoms with Crippen LogP contribution < -0.4 is 10.5 Å². The van der Waals surface area contributed by atoms with Crippen molar-refractivity contribution < 1.29 is 12.8 Å². The van der Waals surface area contributed by atoms with Gasteiger partial charge in [-0.3, -0.25) is 0 Å². The second-order valence-corrected chi connectivity index (χ2v) is 6.52. The summed E-state index contributed by atoms with van der Waals surface area (Å²) < 4.78 is 32.5. The molecule has 20 heavy (non-hydrogen) atoms. The van der Waals surface area contributed by atoms with Crippen LogP contribution in [-0.4, -0.2) is 8.42 Å². The van der Waals surface area contributed by atoms with Crippen molar-refractivity contribution in [1.82, 2.24) is 4.72 Å². The number of hydrogen-bond donors (Lipinski definition) is 2. The van der Waals surface area contributed by atoms with Crippen molar-refractivity contribution in [2.24, 2.45) is 0 Å². The van der Waals surface area contributed by atoms with E-state index >= 15 is 0 Å². The second-order valence-electron chi connectivity index (χ2n) is 4.83. The highest BCUT2D eigenvalue weighted by molar-refractivity contribution is 7.89. The molecule has 0 fully saturated rings. The maximum absolute atomic E-state index is 12.4. The van der Waals surface area contributed by atoms with Gasteiger partial charge in [0.15, 0.2) is 0 Å². The second kappa shape index (κ2) is 5.30. The van der Waals surface area contributed by atoms with Crippen LogP contribution in [0.2, 0.25) is 0 Å². The smallest absolute Gasteiger partial charge is 0.243 e. The molecule has 2 aromatic rings. The SMILES string of the molecule is Cc1cc(N)c(S(=O)(=O)NC(C)c2ccco2)cc1C. The maximum Gasteiger partial charge on any atom is 0.243 e. The van der Waals surface area contributed by atoms with E-state index in [0.717, 1.165) is 11.1 Å². The van der Waals surface area contributed by atoms with Crippen LogP contribution in [0.15, 0.2) is 39.8 Å². The Balaban J connectivity index is 2.34. The van der Waals surface area contributed by atoms with E-state index in [-0.39, 0.29) is 10.6 Å². The van der Waals surface area contributed by atoms with E-state index in [1.807, 2.05) is 13.8 Å². The van der Waals surface area contributed by atoms with E-state index in [9.17, 15) is 8.42 Å². The van der Waals surface area contributed by atoms with Gasteiger partial charge in [0.25, 0.3) is 0 Å². The first-order chi connectivity index (χ1) is 9.31. The predicted octanol–water partition coefficient (Wildman–Crippen LogP) is 2.52. The number of rotatable bonds is 4. The zero-order valence-electron chi connectivity index (χ0n) is 11.7. The van der Waals surface area contributed by atoms with Crippen molar-refractivity contribution in [1.29, 1.82) is 0 Å². The Morgan fingerprint density at radius 1 is 1.25 bits per heavy atom. The number of benzene rings is 1. The van der Waals surface area contributed by atoms with Gasteiger partial charge < -0.3 is 10.2 Å². The number of furan rings is 1. The number of nitrogens with two attached hydrogens (primary N) is 1. The molecule has 0 amide bonds. The summed E-state index contributed by atoms with van der Waals surface area (Å²) in [4.78, 5) is 0.0963. The van der Waals surface area contributed by atoms with Crippen LogP contribution in [0.3, 0.4) is 0 Å². The molecule has 0 bridgehead atoms. The Labute approximate surface area is 118 Å². The highest BCUT2D eigenvalue weighted by Gasteiger charge is 2.22. The molecular formula is C14H18N2O3S. The van der Waals surface area contributed by atoms with Crippen LogP contribution in [0.5, 0.6) is 0 Å². The summed E-state index contributed by atoms with van der Waals surface area (Å²) in [5.74, 6) is 0.552. The lowest BCUT2D eigenvalue weighted by Crippen LogP contribution is -2.27. The van der Waals surface area contributed by atoms with Gasteiger partial charge >= 0.3 is 0 Å². The van der Waals surface area contributed by atoms with Crippen molar-refractivity contribution in [3.63, 3.8) is 0 Å². The molecule has 0 aliphatic heterocycles. The molecule has 1 aromatic heterocycles. The molecule has 1 aromatic carbocycles. The molecule has 0 aliphatic rings. The molecule has 2 rings (SSSR count). The molecule has 108 valence electrons. The summed E-state index contributed by atoms with van der Waals surface area (Å²) in [7, 11) is -3.69. The van der Waals surface area contributed by atoms with Crippen LogP contribution in [0.4, 0.5) is 5.69 Å². The fourth-order valence-electron chi connectivity index (χ4n) is 1.94. The summed E-state index contributed by atoms with van der Waals surface area (Å²) in [6.45, 7) is 5.46. The summed E-state index contributed by atoms with van der Waals surface area (Å²) in [6.07, 6.45) is 1.50. The lowest BCUT2D eigenvalue weighted by Gasteiger charge is -2.15. The van der Waals surface area contributed by atoms with Crippen molar-refractivity contribution >= 4 is 15.7 Å². The minimum atomic E-state index is -3.69. The van der Waals surface area contributed by atoms with Crippen molar-refractivity contribution in [3.05, 3.63) is 47.4 Å². The molecular weight excluding hydrogens is 276 g/mol. The lowest BCUT2D eigenvalue weighted by atomic mass is 10.1. The monoisotopic (exact) mass is 294 g/mol. The van der Waals surface area contributed by atoms with E-state index in [2.05, 4.69) is 4.72 Å². The van der Waals surface area contributed by atoms with Gasteiger partial charge in [0, 0.05) is 0 Å². The topological polar surface area (TPSA) is 85.3 Å². The van der Waals surface area contributed by atoms with Crippen LogP contribution in [0, 0.1) is 13.8 Å². The first-order valence-corrected chi connectivity index (χ1v) is 7.72. The van der Waals surface area contributed by atoms with Gasteiger partial charge in [0.05, 0.1) is 18.0 Å². The molecule has 6 heteroatoms. The van der Waals surface area contributed by atoms with Crippen LogP contribution >= 0.6 is 0 Å². The van der Waals surface area contributed by atoms with Gasteiger partial charge in [-0.2, -0.15) is 0 Å². The molecule has 1 unspecified atom stereocenters. The third kappa shape index (κ3) is 2.86. The fourth-order valence-corrected chi connectivity index (χ4v) is 3.35. The molecule has 0 saturated heterocycles. The minimum absolute atomic E-state index is 0.0963. The normalized spacial score (nSPS) is 13.3. The number of nitrogens with one attached hydrogen (secondary N) is 1. The molecule has 1 heterocycles. The maximum atomic E-state index is 12.4. The molecule has 0 radical (unpaired) electrons. The van der Waals surface area contributed by atoms with Gasteiger partial charge in [-0.25, -0.2) is 13.1 Å². The van der Waals surface area contributed by atoms with Gasteiger partial charge in [0.1, 0.15) is 10.7 Å². The first kappa shape index (κ1) is 14.6. The predicted molar refractivity (Wildman–Crippen MR) is 77.8 cm³/mol. The van der Waals surface area contributed by atoms with Crippen LogP contribution in [0.25, 0.3) is 0 Å². The summed E-state index contributed by atoms with van der Waals surface area (Å²) in [6, 6.07) is 6.22. The standard InChI is InChI=1S/C14H18N2O3S/c1-9-7-12(15)14(8-10(9)2)20(17,18)16-11(3)13-5-4-6-19-13/h4-8,11,16H,15H2,1-3H3. The highest BCUT2D eigenvalue weighted by atomic mass is 32.2. The summed E-state index contributed by atoms with van der Waals surface area (Å²) >= 11 is 0. The lowest BCUT2D eigenvalue weighted by molar-refractivity contribution is 0.459. The molecule has 5 nitrogen and oxygen atoms in total. The van der Waals surface area contributed by atoms with Crippen molar-refractivity contribution in [3.8, 4) is 0 Å². The largest absolute Gasteiger partial charge is 0.468 e. The highest BCUT2D eigenvalue weighted by Crippen LogP contribution is 2.24. The van der Waals surface area contributed by atoms with E-state index in [4.69, 9.17) is 10.2 Å². The number of hydrogen-bond acceptors (Lipinski definition) is 4. The van der Waals surface area contributed by atoms with Crippen LogP contribution in [0.1, 0.15) is 29.9 Å². The summed E-state index contributed by atoms with van der Waals surface area (Å²) in [5, 5.41) is 0. The molecule has 0 saturated carbocycles. The Kier molecular flexibility index (Phi) is 3.87. The van der Waals surface area contributed by atoms with Crippen molar-refractivity contribution in [2.45, 2.75) is 31.7 Å². The van der Waals surface area contributed by atoms with Crippen molar-refractivity contribution in [2.75, 3.05) is 5.73 Å². The fraction of sp³-hybridized carbons (Fsp3) is 0.286. The number of sulfonamides is 1. The van der Waals surface area contributed by atoms with Crippen LogP contribution in [-0.2, 0) is 10.0 Å². The van der Waals surface area contributed by atoms with Gasteiger partial charge in [-0.15, -0.1) is 0 Å².